The van der Waals surface area contributed by atoms with Crippen LogP contribution in [0.4, 0.5) is 0 Å². The number of hydrogen-bond donors (Lipinski definition) is 2. The zero-order chi connectivity index (χ0) is 15.0. The van der Waals surface area contributed by atoms with E-state index in [1.54, 1.807) is 0 Å². The first kappa shape index (κ1) is 13.7. The van der Waals surface area contributed by atoms with E-state index in [1.165, 1.54) is 30.5 Å². The lowest BCUT2D eigenvalue weighted by atomic mass is 10.2. The van der Waals surface area contributed by atoms with Crippen molar-refractivity contribution in [2.45, 2.75) is 0 Å². The van der Waals surface area contributed by atoms with Gasteiger partial charge in [0.15, 0.2) is 0 Å². The second-order valence-electron chi connectivity index (χ2n) is 4.11. The molecular formula is C13H7Cl2N3O3. The van der Waals surface area contributed by atoms with Crippen LogP contribution in [0.5, 0.6) is 11.5 Å². The van der Waals surface area contributed by atoms with E-state index in [4.69, 9.17) is 27.7 Å². The minimum atomic E-state index is -0.0989. The van der Waals surface area contributed by atoms with Crippen LogP contribution in [-0.4, -0.2) is 25.3 Å². The van der Waals surface area contributed by atoms with E-state index in [-0.39, 0.29) is 33.8 Å². The van der Waals surface area contributed by atoms with Gasteiger partial charge in [0.1, 0.15) is 17.2 Å². The topological polar surface area (TPSA) is 92.3 Å². The number of nitrogens with zero attached hydrogens (tertiary/aromatic N) is 3. The number of benzene rings is 1. The van der Waals surface area contributed by atoms with E-state index in [0.29, 0.717) is 10.7 Å². The SMILES string of the molecule is Oc1ccc(O)c(-c2nc(-c3ncc(Cl)cc3Cl)no2)c1. The number of halogens is 2. The summed E-state index contributed by atoms with van der Waals surface area (Å²) < 4.78 is 5.06. The minimum Gasteiger partial charge on any atom is -0.508 e. The maximum absolute atomic E-state index is 9.76. The summed E-state index contributed by atoms with van der Waals surface area (Å²) in [6, 6.07) is 5.48. The molecule has 106 valence electrons. The predicted molar refractivity (Wildman–Crippen MR) is 76.3 cm³/mol. The molecule has 0 atom stereocenters. The molecule has 0 fully saturated rings. The summed E-state index contributed by atoms with van der Waals surface area (Å²) in [6.07, 6.45) is 1.41. The molecule has 0 aliphatic carbocycles. The lowest BCUT2D eigenvalue weighted by Crippen LogP contribution is -1.87. The summed E-state index contributed by atoms with van der Waals surface area (Å²) in [6.45, 7) is 0. The molecule has 3 aromatic rings. The maximum atomic E-state index is 9.76. The summed E-state index contributed by atoms with van der Waals surface area (Å²) >= 11 is 11.8. The minimum absolute atomic E-state index is 0.0335. The van der Waals surface area contributed by atoms with Crippen LogP contribution in [0, 0.1) is 0 Å². The highest BCUT2D eigenvalue weighted by atomic mass is 35.5. The molecule has 1 aromatic carbocycles. The molecule has 0 aliphatic heterocycles. The molecule has 0 aliphatic rings. The van der Waals surface area contributed by atoms with E-state index in [9.17, 15) is 10.2 Å². The molecule has 0 saturated carbocycles. The van der Waals surface area contributed by atoms with Crippen molar-refractivity contribution in [1.82, 2.24) is 15.1 Å². The van der Waals surface area contributed by atoms with Crippen molar-refractivity contribution in [3.05, 3.63) is 40.5 Å². The summed E-state index contributed by atoms with van der Waals surface area (Å²) in [7, 11) is 0. The van der Waals surface area contributed by atoms with Crippen LogP contribution < -0.4 is 0 Å². The van der Waals surface area contributed by atoms with Gasteiger partial charge in [-0.15, -0.1) is 0 Å². The lowest BCUT2D eigenvalue weighted by molar-refractivity contribution is 0.423. The first-order chi connectivity index (χ1) is 10.0. The molecule has 2 aromatic heterocycles. The quantitative estimate of drug-likeness (QED) is 0.701. The average molecular weight is 324 g/mol. The van der Waals surface area contributed by atoms with Gasteiger partial charge in [-0.05, 0) is 24.3 Å². The fourth-order valence-electron chi connectivity index (χ4n) is 1.70. The molecule has 0 unspecified atom stereocenters. The van der Waals surface area contributed by atoms with Crippen LogP contribution in [0.2, 0.25) is 10.0 Å². The van der Waals surface area contributed by atoms with Gasteiger partial charge in [0.25, 0.3) is 5.89 Å². The van der Waals surface area contributed by atoms with Crippen LogP contribution in [0.3, 0.4) is 0 Å². The number of rotatable bonds is 2. The molecule has 2 N–H and O–H groups in total. The number of aromatic nitrogens is 3. The van der Waals surface area contributed by atoms with Crippen LogP contribution in [0.1, 0.15) is 0 Å². The van der Waals surface area contributed by atoms with E-state index < -0.39 is 0 Å². The van der Waals surface area contributed by atoms with Crippen molar-refractivity contribution in [2.75, 3.05) is 0 Å². The summed E-state index contributed by atoms with van der Waals surface area (Å²) in [5.41, 5.74) is 0.509. The van der Waals surface area contributed by atoms with Gasteiger partial charge in [-0.3, -0.25) is 0 Å². The van der Waals surface area contributed by atoms with Crippen molar-refractivity contribution in [3.63, 3.8) is 0 Å². The Bertz CT molecular complexity index is 820. The van der Waals surface area contributed by atoms with Gasteiger partial charge in [-0.1, -0.05) is 28.4 Å². The Morgan fingerprint density at radius 2 is 1.90 bits per heavy atom. The molecule has 0 radical (unpaired) electrons. The Morgan fingerprint density at radius 1 is 1.10 bits per heavy atom. The largest absolute Gasteiger partial charge is 0.508 e. The van der Waals surface area contributed by atoms with E-state index in [1.807, 2.05) is 0 Å². The number of phenolic OH excluding ortho intramolecular Hbond substituents is 2. The Kier molecular flexibility index (Phi) is 3.40. The summed E-state index contributed by atoms with van der Waals surface area (Å²) in [5.74, 6) is 0.0454. The molecule has 21 heavy (non-hydrogen) atoms. The van der Waals surface area contributed by atoms with E-state index >= 15 is 0 Å². The van der Waals surface area contributed by atoms with Crippen LogP contribution in [-0.2, 0) is 0 Å². The first-order valence-corrected chi connectivity index (χ1v) is 6.47. The number of pyridine rings is 1. The van der Waals surface area contributed by atoms with Crippen molar-refractivity contribution >= 4 is 23.2 Å². The molecule has 0 saturated heterocycles. The zero-order valence-electron chi connectivity index (χ0n) is 10.3. The highest BCUT2D eigenvalue weighted by Crippen LogP contribution is 2.33. The van der Waals surface area contributed by atoms with Crippen LogP contribution in [0.25, 0.3) is 23.0 Å². The van der Waals surface area contributed by atoms with Crippen molar-refractivity contribution in [2.24, 2.45) is 0 Å². The third kappa shape index (κ3) is 2.63. The standard InChI is InChI=1S/C13H7Cl2N3O3/c14-6-3-9(15)11(16-5-6)12-17-13(21-18-12)8-4-7(19)1-2-10(8)20/h1-5,19-20H. The zero-order valence-corrected chi connectivity index (χ0v) is 11.8. The lowest BCUT2D eigenvalue weighted by Gasteiger charge is -1.99. The van der Waals surface area contributed by atoms with Gasteiger partial charge < -0.3 is 14.7 Å². The smallest absolute Gasteiger partial charge is 0.262 e. The fourth-order valence-corrected chi connectivity index (χ4v) is 2.17. The third-order valence-electron chi connectivity index (χ3n) is 2.66. The Balaban J connectivity index is 2.06. The van der Waals surface area contributed by atoms with Gasteiger partial charge in [-0.25, -0.2) is 4.98 Å². The molecule has 0 spiro atoms. The third-order valence-corrected chi connectivity index (χ3v) is 3.15. The van der Waals surface area contributed by atoms with Crippen LogP contribution in [0.15, 0.2) is 35.0 Å². The molecule has 0 amide bonds. The van der Waals surface area contributed by atoms with Crippen molar-refractivity contribution < 1.29 is 14.7 Å². The highest BCUT2D eigenvalue weighted by molar-refractivity contribution is 6.35. The Morgan fingerprint density at radius 3 is 2.67 bits per heavy atom. The monoisotopic (exact) mass is 323 g/mol. The fraction of sp³-hybridized carbons (Fsp3) is 0. The van der Waals surface area contributed by atoms with Gasteiger partial charge in [0.05, 0.1) is 15.6 Å². The number of phenols is 2. The molecule has 0 bridgehead atoms. The molecule has 6 nitrogen and oxygen atoms in total. The van der Waals surface area contributed by atoms with Gasteiger partial charge in [0.2, 0.25) is 5.82 Å². The molecule has 2 heterocycles. The molecule has 8 heteroatoms. The Hall–Kier alpha value is -2.31. The second-order valence-corrected chi connectivity index (χ2v) is 4.95. The predicted octanol–water partition coefficient (Wildman–Crippen LogP) is 3.52. The number of aromatic hydroxyl groups is 2. The maximum Gasteiger partial charge on any atom is 0.262 e. The van der Waals surface area contributed by atoms with E-state index in [2.05, 4.69) is 15.1 Å². The average Bonchev–Trinajstić information content (AvgIpc) is 2.91. The van der Waals surface area contributed by atoms with Gasteiger partial charge in [-0.2, -0.15) is 4.98 Å². The summed E-state index contributed by atoms with van der Waals surface area (Å²) in [4.78, 5) is 8.14. The number of hydrogen-bond acceptors (Lipinski definition) is 6. The molecular weight excluding hydrogens is 317 g/mol. The first-order valence-electron chi connectivity index (χ1n) is 5.72. The normalized spacial score (nSPS) is 10.8. The van der Waals surface area contributed by atoms with Gasteiger partial charge >= 0.3 is 0 Å². The molecule has 3 rings (SSSR count). The van der Waals surface area contributed by atoms with Crippen molar-refractivity contribution in [1.29, 1.82) is 0 Å². The Labute approximate surface area is 128 Å². The van der Waals surface area contributed by atoms with Gasteiger partial charge in [0, 0.05) is 6.20 Å². The van der Waals surface area contributed by atoms with Crippen LogP contribution >= 0.6 is 23.2 Å². The van der Waals surface area contributed by atoms with Crippen molar-refractivity contribution in [3.8, 4) is 34.5 Å². The van der Waals surface area contributed by atoms with E-state index in [0.717, 1.165) is 0 Å². The summed E-state index contributed by atoms with van der Waals surface area (Å²) in [5, 5.41) is 23.6. The second kappa shape index (κ2) is 5.23. The highest BCUT2D eigenvalue weighted by Gasteiger charge is 2.17.